The molecule has 0 radical (unpaired) electrons. The summed E-state index contributed by atoms with van der Waals surface area (Å²) in [6.07, 6.45) is 4.19. The molecular weight excluding hydrogens is 150 g/mol. The molecule has 0 aliphatic heterocycles. The molecule has 0 amide bonds. The lowest BCUT2D eigenvalue weighted by Crippen LogP contribution is -2.37. The molecule has 3 nitrogen and oxygen atoms in total. The van der Waals surface area contributed by atoms with Crippen LogP contribution in [0.1, 0.15) is 26.7 Å². The van der Waals surface area contributed by atoms with E-state index >= 15 is 0 Å². The summed E-state index contributed by atoms with van der Waals surface area (Å²) in [6.45, 7) is 6.25. The van der Waals surface area contributed by atoms with Crippen LogP contribution in [-0.2, 0) is 0 Å². The fraction of sp³-hybridized carbons (Fsp3) is 0.889. The van der Waals surface area contributed by atoms with Gasteiger partial charge in [-0.1, -0.05) is 20.3 Å². The summed E-state index contributed by atoms with van der Waals surface area (Å²) in [5.74, 6) is 0. The molecule has 0 aliphatic rings. The summed E-state index contributed by atoms with van der Waals surface area (Å²) in [5.41, 5.74) is 0. The van der Waals surface area contributed by atoms with Crippen LogP contribution in [0.3, 0.4) is 0 Å². The molecule has 0 heterocycles. The molecule has 0 aliphatic carbocycles. The van der Waals surface area contributed by atoms with E-state index in [4.69, 9.17) is 5.26 Å². The lowest BCUT2D eigenvalue weighted by atomic mass is 10.1. The number of nitrogens with one attached hydrogen (secondary N) is 1. The van der Waals surface area contributed by atoms with E-state index in [1.165, 1.54) is 0 Å². The zero-order valence-electron chi connectivity index (χ0n) is 8.30. The maximum Gasteiger partial charge on any atom is 0.176 e. The normalized spacial score (nSPS) is 12.6. The predicted molar refractivity (Wildman–Crippen MR) is 50.6 cm³/mol. The number of likely N-dealkylation sites (N-methyl/N-ethyl adjacent to an activating group) is 1. The molecule has 0 spiro atoms. The van der Waals surface area contributed by atoms with E-state index in [0.29, 0.717) is 6.04 Å². The third-order valence-electron chi connectivity index (χ3n) is 1.98. The van der Waals surface area contributed by atoms with E-state index in [0.717, 1.165) is 25.9 Å². The summed E-state index contributed by atoms with van der Waals surface area (Å²) in [5, 5.41) is 11.3. The Balaban J connectivity index is 3.70. The second-order valence-electron chi connectivity index (χ2n) is 3.10. The third kappa shape index (κ3) is 4.97. The van der Waals surface area contributed by atoms with Crippen molar-refractivity contribution in [1.29, 1.82) is 5.26 Å². The fourth-order valence-electron chi connectivity index (χ4n) is 1.15. The Morgan fingerprint density at radius 2 is 2.17 bits per heavy atom. The number of rotatable bonds is 6. The van der Waals surface area contributed by atoms with Crippen LogP contribution in [0.25, 0.3) is 0 Å². The van der Waals surface area contributed by atoms with E-state index in [9.17, 15) is 0 Å². The molecule has 0 bridgehead atoms. The van der Waals surface area contributed by atoms with Crippen molar-refractivity contribution in [2.24, 2.45) is 0 Å². The van der Waals surface area contributed by atoms with Crippen LogP contribution in [0.5, 0.6) is 0 Å². The fourth-order valence-corrected chi connectivity index (χ4v) is 1.15. The van der Waals surface area contributed by atoms with Gasteiger partial charge >= 0.3 is 0 Å². The van der Waals surface area contributed by atoms with Crippen molar-refractivity contribution in [2.75, 3.05) is 20.1 Å². The molecule has 0 saturated carbocycles. The molecule has 1 N–H and O–H groups in total. The van der Waals surface area contributed by atoms with E-state index in [1.54, 1.807) is 0 Å². The van der Waals surface area contributed by atoms with Gasteiger partial charge in [-0.2, -0.15) is 5.26 Å². The molecule has 0 aromatic rings. The van der Waals surface area contributed by atoms with Crippen molar-refractivity contribution < 1.29 is 0 Å². The molecule has 1 unspecified atom stereocenters. The zero-order chi connectivity index (χ0) is 9.40. The minimum absolute atomic E-state index is 0.324. The van der Waals surface area contributed by atoms with Crippen molar-refractivity contribution in [3.8, 4) is 6.19 Å². The number of hydrogen-bond acceptors (Lipinski definition) is 3. The van der Waals surface area contributed by atoms with Crippen LogP contribution < -0.4 is 5.32 Å². The average Bonchev–Trinajstić information content (AvgIpc) is 2.05. The summed E-state index contributed by atoms with van der Waals surface area (Å²) >= 11 is 0. The van der Waals surface area contributed by atoms with Crippen molar-refractivity contribution in [1.82, 2.24) is 10.2 Å². The molecule has 1 atom stereocenters. The highest BCUT2D eigenvalue weighted by molar-refractivity contribution is 4.77. The highest BCUT2D eigenvalue weighted by Gasteiger charge is 2.07. The van der Waals surface area contributed by atoms with Gasteiger partial charge in [-0.3, -0.25) is 0 Å². The highest BCUT2D eigenvalue weighted by atomic mass is 15.1. The molecule has 12 heavy (non-hydrogen) atoms. The second kappa shape index (κ2) is 6.93. The maximum atomic E-state index is 8.47. The van der Waals surface area contributed by atoms with Gasteiger partial charge in [0.1, 0.15) is 0 Å². The van der Waals surface area contributed by atoms with Gasteiger partial charge in [0.2, 0.25) is 0 Å². The second-order valence-corrected chi connectivity index (χ2v) is 3.10. The van der Waals surface area contributed by atoms with Gasteiger partial charge < -0.3 is 10.2 Å². The molecule has 0 aromatic carbocycles. The van der Waals surface area contributed by atoms with Gasteiger partial charge in [-0.15, -0.1) is 0 Å². The average molecular weight is 169 g/mol. The van der Waals surface area contributed by atoms with Gasteiger partial charge in [0.25, 0.3) is 0 Å². The number of nitriles is 1. The summed E-state index contributed by atoms with van der Waals surface area (Å²) in [6, 6.07) is 0.324. The largest absolute Gasteiger partial charge is 0.319 e. The topological polar surface area (TPSA) is 39.1 Å². The van der Waals surface area contributed by atoms with Crippen LogP contribution in [0, 0.1) is 11.5 Å². The Bertz CT molecular complexity index is 139. The SMILES string of the molecule is CCCC(CN(C)CC)NC#N. The molecule has 0 aromatic heterocycles. The molecule has 0 rings (SSSR count). The van der Waals surface area contributed by atoms with Gasteiger partial charge in [0, 0.05) is 12.6 Å². The first kappa shape index (κ1) is 11.2. The first-order chi connectivity index (χ1) is 5.74. The Morgan fingerprint density at radius 3 is 2.58 bits per heavy atom. The Kier molecular flexibility index (Phi) is 6.50. The lowest BCUT2D eigenvalue weighted by molar-refractivity contribution is 0.305. The van der Waals surface area contributed by atoms with Crippen molar-refractivity contribution in [2.45, 2.75) is 32.7 Å². The van der Waals surface area contributed by atoms with Crippen molar-refractivity contribution in [3.05, 3.63) is 0 Å². The molecular formula is C9H19N3. The smallest absolute Gasteiger partial charge is 0.176 e. The van der Waals surface area contributed by atoms with Crippen LogP contribution in [0.2, 0.25) is 0 Å². The monoisotopic (exact) mass is 169 g/mol. The van der Waals surface area contributed by atoms with E-state index in [1.807, 2.05) is 6.19 Å². The van der Waals surface area contributed by atoms with Crippen LogP contribution in [-0.4, -0.2) is 31.1 Å². The standard InChI is InChI=1S/C9H19N3/c1-4-6-9(11-8-10)7-12(3)5-2/h9,11H,4-7H2,1-3H3. The molecule has 70 valence electrons. The van der Waals surface area contributed by atoms with Crippen LogP contribution >= 0.6 is 0 Å². The predicted octanol–water partition coefficient (Wildman–Crippen LogP) is 1.18. The van der Waals surface area contributed by atoms with E-state index in [-0.39, 0.29) is 0 Å². The summed E-state index contributed by atoms with van der Waals surface area (Å²) in [7, 11) is 2.07. The van der Waals surface area contributed by atoms with Crippen molar-refractivity contribution >= 4 is 0 Å². The van der Waals surface area contributed by atoms with Gasteiger partial charge in [0.05, 0.1) is 0 Å². The summed E-state index contributed by atoms with van der Waals surface area (Å²) in [4.78, 5) is 2.21. The number of nitrogens with zero attached hydrogens (tertiary/aromatic N) is 2. The lowest BCUT2D eigenvalue weighted by Gasteiger charge is -2.21. The van der Waals surface area contributed by atoms with E-state index in [2.05, 4.69) is 31.1 Å². The van der Waals surface area contributed by atoms with E-state index < -0.39 is 0 Å². The maximum absolute atomic E-state index is 8.47. The first-order valence-electron chi connectivity index (χ1n) is 4.57. The zero-order valence-corrected chi connectivity index (χ0v) is 8.30. The Hall–Kier alpha value is -0.750. The van der Waals surface area contributed by atoms with Gasteiger partial charge in [0.15, 0.2) is 6.19 Å². The Labute approximate surface area is 75.4 Å². The number of hydrogen-bond donors (Lipinski definition) is 1. The molecule has 3 heteroatoms. The quantitative estimate of drug-likeness (QED) is 0.479. The minimum atomic E-state index is 0.324. The van der Waals surface area contributed by atoms with Crippen LogP contribution in [0.15, 0.2) is 0 Å². The van der Waals surface area contributed by atoms with Crippen LogP contribution in [0.4, 0.5) is 0 Å². The Morgan fingerprint density at radius 1 is 1.50 bits per heavy atom. The van der Waals surface area contributed by atoms with Crippen molar-refractivity contribution in [3.63, 3.8) is 0 Å². The summed E-state index contributed by atoms with van der Waals surface area (Å²) < 4.78 is 0. The molecule has 0 fully saturated rings. The molecule has 0 saturated heterocycles. The van der Waals surface area contributed by atoms with Gasteiger partial charge in [-0.05, 0) is 20.0 Å². The first-order valence-corrected chi connectivity index (χ1v) is 4.57. The minimum Gasteiger partial charge on any atom is -0.319 e. The van der Waals surface area contributed by atoms with Gasteiger partial charge in [-0.25, -0.2) is 0 Å². The highest BCUT2D eigenvalue weighted by Crippen LogP contribution is 1.97. The third-order valence-corrected chi connectivity index (χ3v) is 1.98.